The van der Waals surface area contributed by atoms with E-state index in [1.54, 1.807) is 25.1 Å². The molecule has 116 valence electrons. The number of nitrogens with two attached hydrogens (primary N) is 1. The summed E-state index contributed by atoms with van der Waals surface area (Å²) >= 11 is 0. The van der Waals surface area contributed by atoms with Gasteiger partial charge in [-0.1, -0.05) is 18.2 Å². The Labute approximate surface area is 124 Å². The minimum atomic E-state index is -3.69. The number of benzene rings is 1. The fraction of sp³-hybridized carbons (Fsp3) is 0.500. The van der Waals surface area contributed by atoms with Crippen LogP contribution >= 0.6 is 0 Å². The molecule has 1 aliphatic carbocycles. The lowest BCUT2D eigenvalue weighted by atomic mass is 10.2. The number of rotatable bonds is 7. The molecule has 1 fully saturated rings. The van der Waals surface area contributed by atoms with Crippen LogP contribution in [-0.4, -0.2) is 37.1 Å². The van der Waals surface area contributed by atoms with Crippen molar-refractivity contribution >= 4 is 21.7 Å². The number of hydrogen-bond acceptors (Lipinski definition) is 5. The first-order chi connectivity index (χ1) is 9.94. The molecule has 21 heavy (non-hydrogen) atoms. The third-order valence-corrected chi connectivity index (χ3v) is 5.04. The van der Waals surface area contributed by atoms with Gasteiger partial charge in [0.15, 0.2) is 5.75 Å². The van der Waals surface area contributed by atoms with E-state index in [4.69, 9.17) is 10.5 Å². The molecule has 2 N–H and O–H groups in total. The Bertz CT molecular complexity index is 611. The van der Waals surface area contributed by atoms with Gasteiger partial charge in [-0.25, -0.2) is 8.42 Å². The van der Waals surface area contributed by atoms with Crippen molar-refractivity contribution in [2.75, 3.05) is 18.1 Å². The van der Waals surface area contributed by atoms with Crippen LogP contribution in [0.15, 0.2) is 24.3 Å². The zero-order valence-corrected chi connectivity index (χ0v) is 12.8. The SMILES string of the molecule is CCOC(=O)CS(=O)(=O)N(Cc1ccccc1N)C1CC1. The first-order valence-electron chi connectivity index (χ1n) is 6.92. The second-order valence-electron chi connectivity index (χ2n) is 5.04. The van der Waals surface area contributed by atoms with Crippen LogP contribution < -0.4 is 5.73 Å². The van der Waals surface area contributed by atoms with E-state index in [1.165, 1.54) is 4.31 Å². The molecule has 1 aromatic rings. The normalized spacial score (nSPS) is 15.1. The highest BCUT2D eigenvalue weighted by Crippen LogP contribution is 2.32. The summed E-state index contributed by atoms with van der Waals surface area (Å²) in [5.74, 6) is -1.34. The smallest absolute Gasteiger partial charge is 0.322 e. The summed E-state index contributed by atoms with van der Waals surface area (Å²) in [4.78, 5) is 11.5. The number of esters is 1. The van der Waals surface area contributed by atoms with Crippen molar-refractivity contribution in [3.05, 3.63) is 29.8 Å². The van der Waals surface area contributed by atoms with Gasteiger partial charge in [0.2, 0.25) is 10.0 Å². The minimum Gasteiger partial charge on any atom is -0.465 e. The predicted octanol–water partition coefficient (Wildman–Crippen LogP) is 1.13. The summed E-state index contributed by atoms with van der Waals surface area (Å²) in [7, 11) is -3.69. The van der Waals surface area contributed by atoms with Crippen LogP contribution in [0.4, 0.5) is 5.69 Å². The van der Waals surface area contributed by atoms with Gasteiger partial charge >= 0.3 is 5.97 Å². The number of anilines is 1. The standard InChI is InChI=1S/C14H20N2O4S/c1-2-20-14(17)10-21(18,19)16(12-7-8-12)9-11-5-3-4-6-13(11)15/h3-6,12H,2,7-10,15H2,1H3. The lowest BCUT2D eigenvalue weighted by Crippen LogP contribution is -2.37. The van der Waals surface area contributed by atoms with E-state index in [2.05, 4.69) is 0 Å². The van der Waals surface area contributed by atoms with Crippen molar-refractivity contribution < 1.29 is 17.9 Å². The van der Waals surface area contributed by atoms with Crippen LogP contribution in [0.2, 0.25) is 0 Å². The van der Waals surface area contributed by atoms with Crippen molar-refractivity contribution in [1.82, 2.24) is 4.31 Å². The van der Waals surface area contributed by atoms with E-state index in [1.807, 2.05) is 6.07 Å². The summed E-state index contributed by atoms with van der Waals surface area (Å²) in [5.41, 5.74) is 7.17. The minimum absolute atomic E-state index is 0.0379. The maximum absolute atomic E-state index is 12.4. The zero-order chi connectivity index (χ0) is 15.5. The van der Waals surface area contributed by atoms with E-state index < -0.39 is 21.7 Å². The molecular formula is C14H20N2O4S. The fourth-order valence-corrected chi connectivity index (χ4v) is 3.65. The monoisotopic (exact) mass is 312 g/mol. The number of hydrogen-bond donors (Lipinski definition) is 1. The van der Waals surface area contributed by atoms with Crippen LogP contribution in [0.3, 0.4) is 0 Å². The molecule has 0 spiro atoms. The van der Waals surface area contributed by atoms with Crippen molar-refractivity contribution in [2.45, 2.75) is 32.4 Å². The van der Waals surface area contributed by atoms with Gasteiger partial charge in [0.1, 0.15) is 0 Å². The van der Waals surface area contributed by atoms with E-state index in [0.717, 1.165) is 18.4 Å². The van der Waals surface area contributed by atoms with Gasteiger partial charge in [0.05, 0.1) is 6.61 Å². The molecule has 6 nitrogen and oxygen atoms in total. The van der Waals surface area contributed by atoms with Crippen LogP contribution in [0.5, 0.6) is 0 Å². The molecule has 7 heteroatoms. The average molecular weight is 312 g/mol. The second kappa shape index (κ2) is 6.44. The molecule has 0 atom stereocenters. The molecule has 1 saturated carbocycles. The maximum Gasteiger partial charge on any atom is 0.322 e. The number of nitrogen functional groups attached to an aromatic ring is 1. The molecule has 0 bridgehead atoms. The Kier molecular flexibility index (Phi) is 4.84. The van der Waals surface area contributed by atoms with Crippen molar-refractivity contribution in [3.8, 4) is 0 Å². The lowest BCUT2D eigenvalue weighted by Gasteiger charge is -2.22. The molecule has 2 rings (SSSR count). The Balaban J connectivity index is 2.15. The number of carbonyl (C=O) groups is 1. The maximum atomic E-state index is 12.4. The summed E-state index contributed by atoms with van der Waals surface area (Å²) in [5, 5.41) is 0. The van der Waals surface area contributed by atoms with Gasteiger partial charge in [-0.05, 0) is 31.4 Å². The van der Waals surface area contributed by atoms with E-state index in [9.17, 15) is 13.2 Å². The quantitative estimate of drug-likeness (QED) is 0.602. The molecule has 0 aliphatic heterocycles. The van der Waals surface area contributed by atoms with Gasteiger partial charge in [0.25, 0.3) is 0 Å². The van der Waals surface area contributed by atoms with Crippen molar-refractivity contribution in [3.63, 3.8) is 0 Å². The molecule has 0 saturated heterocycles. The second-order valence-corrected chi connectivity index (χ2v) is 6.96. The van der Waals surface area contributed by atoms with Gasteiger partial charge in [-0.3, -0.25) is 4.79 Å². The van der Waals surface area contributed by atoms with E-state index in [0.29, 0.717) is 5.69 Å². The summed E-state index contributed by atoms with van der Waals surface area (Å²) in [6, 6.07) is 7.11. The number of sulfonamides is 1. The molecule has 1 aromatic carbocycles. The Morgan fingerprint density at radius 2 is 2.05 bits per heavy atom. The largest absolute Gasteiger partial charge is 0.465 e. The highest BCUT2D eigenvalue weighted by atomic mass is 32.2. The molecule has 0 heterocycles. The van der Waals surface area contributed by atoms with Crippen LogP contribution in [0, 0.1) is 0 Å². The number of para-hydroxylation sites is 1. The first kappa shape index (κ1) is 15.8. The topological polar surface area (TPSA) is 89.7 Å². The third kappa shape index (κ3) is 4.18. The molecule has 0 amide bonds. The van der Waals surface area contributed by atoms with Crippen LogP contribution in [0.1, 0.15) is 25.3 Å². The predicted molar refractivity (Wildman–Crippen MR) is 79.8 cm³/mol. The molecular weight excluding hydrogens is 292 g/mol. The first-order valence-corrected chi connectivity index (χ1v) is 8.53. The fourth-order valence-electron chi connectivity index (χ4n) is 2.10. The molecule has 0 aromatic heterocycles. The van der Waals surface area contributed by atoms with Gasteiger partial charge in [-0.2, -0.15) is 4.31 Å². The number of nitrogens with zero attached hydrogens (tertiary/aromatic N) is 1. The Morgan fingerprint density at radius 3 is 2.62 bits per heavy atom. The lowest BCUT2D eigenvalue weighted by molar-refractivity contribution is -0.140. The van der Waals surface area contributed by atoms with Crippen molar-refractivity contribution in [1.29, 1.82) is 0 Å². The summed E-state index contributed by atoms with van der Waals surface area (Å²) in [6.07, 6.45) is 1.63. The van der Waals surface area contributed by atoms with Crippen molar-refractivity contribution in [2.24, 2.45) is 0 Å². The summed E-state index contributed by atoms with van der Waals surface area (Å²) in [6.45, 7) is 2.01. The highest BCUT2D eigenvalue weighted by molar-refractivity contribution is 7.89. The van der Waals surface area contributed by atoms with Gasteiger partial charge in [-0.15, -0.1) is 0 Å². The van der Waals surface area contributed by atoms with E-state index >= 15 is 0 Å². The average Bonchev–Trinajstić information content (AvgIpc) is 3.21. The molecule has 0 radical (unpaired) electrons. The molecule has 0 unspecified atom stereocenters. The zero-order valence-electron chi connectivity index (χ0n) is 12.0. The van der Waals surface area contributed by atoms with Gasteiger partial charge in [0, 0.05) is 18.3 Å². The van der Waals surface area contributed by atoms with Crippen LogP contribution in [-0.2, 0) is 26.1 Å². The Hall–Kier alpha value is -1.60. The molecule has 1 aliphatic rings. The highest BCUT2D eigenvalue weighted by Gasteiger charge is 2.38. The number of carbonyl (C=O) groups excluding carboxylic acids is 1. The van der Waals surface area contributed by atoms with Crippen LogP contribution in [0.25, 0.3) is 0 Å². The Morgan fingerprint density at radius 1 is 1.38 bits per heavy atom. The van der Waals surface area contributed by atoms with E-state index in [-0.39, 0.29) is 19.2 Å². The van der Waals surface area contributed by atoms with Gasteiger partial charge < -0.3 is 10.5 Å². The summed E-state index contributed by atoms with van der Waals surface area (Å²) < 4.78 is 30.9. The number of ether oxygens (including phenoxy) is 1. The third-order valence-electron chi connectivity index (χ3n) is 3.30.